The summed E-state index contributed by atoms with van der Waals surface area (Å²) in [6, 6.07) is 0. The highest BCUT2D eigenvalue weighted by Crippen LogP contribution is 2.35. The zero-order chi connectivity index (χ0) is 12.9. The summed E-state index contributed by atoms with van der Waals surface area (Å²) in [6.07, 6.45) is 9.50. The molecule has 1 atom stereocenters. The van der Waals surface area contributed by atoms with Crippen LogP contribution in [-0.2, 0) is 0 Å². The molecule has 102 valence electrons. The summed E-state index contributed by atoms with van der Waals surface area (Å²) in [4.78, 5) is 2.29. The van der Waals surface area contributed by atoms with Crippen LogP contribution in [0.5, 0.6) is 0 Å². The smallest absolute Gasteiger partial charge is 0.0723 e. The number of aliphatic hydroxyl groups excluding tert-OH is 1. The van der Waals surface area contributed by atoms with Gasteiger partial charge >= 0.3 is 0 Å². The Labute approximate surface area is 107 Å². The van der Waals surface area contributed by atoms with Gasteiger partial charge in [-0.3, -0.25) is 0 Å². The van der Waals surface area contributed by atoms with Gasteiger partial charge in [-0.15, -0.1) is 0 Å². The zero-order valence-corrected chi connectivity index (χ0v) is 12.2. The van der Waals surface area contributed by atoms with E-state index in [1.165, 1.54) is 38.5 Å². The van der Waals surface area contributed by atoms with Crippen LogP contribution in [0.2, 0.25) is 0 Å². The standard InChI is InChI=1S/C15H31NO/c1-13(2)9-10-14(17)15(16(3)4)11-7-5-6-8-12-15/h13-14,17H,5-12H2,1-4H3. The number of aliphatic hydroxyl groups is 1. The Kier molecular flexibility index (Phi) is 5.94. The lowest BCUT2D eigenvalue weighted by atomic mass is 9.80. The van der Waals surface area contributed by atoms with Crippen LogP contribution < -0.4 is 0 Å². The van der Waals surface area contributed by atoms with Crippen LogP contribution >= 0.6 is 0 Å². The van der Waals surface area contributed by atoms with Crippen LogP contribution in [0.15, 0.2) is 0 Å². The Morgan fingerprint density at radius 1 is 1.00 bits per heavy atom. The van der Waals surface area contributed by atoms with E-state index in [2.05, 4.69) is 32.8 Å². The summed E-state index contributed by atoms with van der Waals surface area (Å²) in [6.45, 7) is 4.48. The predicted molar refractivity (Wildman–Crippen MR) is 74.2 cm³/mol. The molecule has 0 aromatic heterocycles. The van der Waals surface area contributed by atoms with Crippen LogP contribution in [0.3, 0.4) is 0 Å². The minimum absolute atomic E-state index is 0.0470. The van der Waals surface area contributed by atoms with Crippen molar-refractivity contribution in [3.8, 4) is 0 Å². The topological polar surface area (TPSA) is 23.5 Å². The molecule has 0 aromatic carbocycles. The van der Waals surface area contributed by atoms with E-state index in [1.54, 1.807) is 0 Å². The average molecular weight is 241 g/mol. The monoisotopic (exact) mass is 241 g/mol. The minimum Gasteiger partial charge on any atom is -0.391 e. The molecule has 2 heteroatoms. The SMILES string of the molecule is CC(C)CCC(O)C1(N(C)C)CCCCCC1. The molecule has 1 rings (SSSR count). The van der Waals surface area contributed by atoms with Crippen molar-refractivity contribution in [1.82, 2.24) is 4.90 Å². The highest BCUT2D eigenvalue weighted by atomic mass is 16.3. The summed E-state index contributed by atoms with van der Waals surface area (Å²) in [5, 5.41) is 10.6. The van der Waals surface area contributed by atoms with Gasteiger partial charge in [0.05, 0.1) is 6.10 Å². The number of nitrogens with zero attached hydrogens (tertiary/aromatic N) is 1. The van der Waals surface area contributed by atoms with Gasteiger partial charge in [-0.25, -0.2) is 0 Å². The maximum atomic E-state index is 10.6. The fourth-order valence-electron chi connectivity index (χ4n) is 3.18. The number of likely N-dealkylation sites (N-methyl/N-ethyl adjacent to an activating group) is 1. The first-order valence-corrected chi connectivity index (χ1v) is 7.34. The Bertz CT molecular complexity index is 205. The fraction of sp³-hybridized carbons (Fsp3) is 1.00. The van der Waals surface area contributed by atoms with Crippen LogP contribution in [0.4, 0.5) is 0 Å². The van der Waals surface area contributed by atoms with Crippen LogP contribution in [0.1, 0.15) is 65.2 Å². The first kappa shape index (κ1) is 15.0. The maximum absolute atomic E-state index is 10.6. The third kappa shape index (κ3) is 3.96. The van der Waals surface area contributed by atoms with Gasteiger partial charge in [-0.2, -0.15) is 0 Å². The lowest BCUT2D eigenvalue weighted by molar-refractivity contribution is -0.0247. The molecule has 1 N–H and O–H groups in total. The number of hydrogen-bond acceptors (Lipinski definition) is 2. The fourth-order valence-corrected chi connectivity index (χ4v) is 3.18. The van der Waals surface area contributed by atoms with E-state index < -0.39 is 0 Å². The Balaban J connectivity index is 2.67. The second-order valence-electron chi connectivity index (χ2n) is 6.40. The lowest BCUT2D eigenvalue weighted by Crippen LogP contribution is -2.53. The zero-order valence-electron chi connectivity index (χ0n) is 12.2. The Morgan fingerprint density at radius 2 is 1.53 bits per heavy atom. The predicted octanol–water partition coefficient (Wildman–Crippen LogP) is 3.44. The van der Waals surface area contributed by atoms with E-state index in [-0.39, 0.29) is 11.6 Å². The summed E-state index contributed by atoms with van der Waals surface area (Å²) in [5.41, 5.74) is 0.0470. The van der Waals surface area contributed by atoms with E-state index >= 15 is 0 Å². The van der Waals surface area contributed by atoms with Gasteiger partial charge in [0.2, 0.25) is 0 Å². The highest BCUT2D eigenvalue weighted by Gasteiger charge is 2.39. The number of hydrogen-bond donors (Lipinski definition) is 1. The molecule has 0 heterocycles. The molecule has 1 aliphatic rings. The van der Waals surface area contributed by atoms with Gasteiger partial charge in [0, 0.05) is 5.54 Å². The molecular formula is C15H31NO. The molecule has 0 amide bonds. The molecule has 0 aliphatic heterocycles. The van der Waals surface area contributed by atoms with Crippen molar-refractivity contribution in [3.05, 3.63) is 0 Å². The first-order chi connectivity index (χ1) is 7.99. The summed E-state index contributed by atoms with van der Waals surface area (Å²) in [7, 11) is 4.29. The molecule has 0 aromatic rings. The van der Waals surface area contributed by atoms with E-state index in [0.717, 1.165) is 12.8 Å². The van der Waals surface area contributed by atoms with Gasteiger partial charge in [-0.05, 0) is 45.7 Å². The van der Waals surface area contributed by atoms with Gasteiger partial charge in [0.1, 0.15) is 0 Å². The third-order valence-electron chi connectivity index (χ3n) is 4.50. The normalized spacial score (nSPS) is 22.8. The van der Waals surface area contributed by atoms with Crippen molar-refractivity contribution in [1.29, 1.82) is 0 Å². The van der Waals surface area contributed by atoms with E-state index in [0.29, 0.717) is 5.92 Å². The molecular weight excluding hydrogens is 210 g/mol. The second kappa shape index (κ2) is 6.75. The molecule has 0 radical (unpaired) electrons. The third-order valence-corrected chi connectivity index (χ3v) is 4.50. The summed E-state index contributed by atoms with van der Waals surface area (Å²) in [5.74, 6) is 0.689. The lowest BCUT2D eigenvalue weighted by Gasteiger charge is -2.43. The molecule has 2 nitrogen and oxygen atoms in total. The van der Waals surface area contributed by atoms with Gasteiger partial charge in [-0.1, -0.05) is 39.5 Å². The van der Waals surface area contributed by atoms with E-state index in [1.807, 2.05) is 0 Å². The quantitative estimate of drug-likeness (QED) is 0.745. The van der Waals surface area contributed by atoms with Gasteiger partial charge in [0.15, 0.2) is 0 Å². The molecule has 1 saturated carbocycles. The minimum atomic E-state index is -0.155. The molecule has 1 aliphatic carbocycles. The Hall–Kier alpha value is -0.0800. The average Bonchev–Trinajstić information content (AvgIpc) is 2.51. The van der Waals surface area contributed by atoms with Crippen molar-refractivity contribution in [2.24, 2.45) is 5.92 Å². The van der Waals surface area contributed by atoms with Crippen LogP contribution in [0.25, 0.3) is 0 Å². The molecule has 17 heavy (non-hydrogen) atoms. The molecule has 0 bridgehead atoms. The largest absolute Gasteiger partial charge is 0.391 e. The van der Waals surface area contributed by atoms with Gasteiger partial charge in [0.25, 0.3) is 0 Å². The molecule has 0 spiro atoms. The van der Waals surface area contributed by atoms with Crippen molar-refractivity contribution in [2.45, 2.75) is 76.9 Å². The maximum Gasteiger partial charge on any atom is 0.0723 e. The van der Waals surface area contributed by atoms with Crippen LogP contribution in [-0.4, -0.2) is 35.7 Å². The second-order valence-corrected chi connectivity index (χ2v) is 6.40. The first-order valence-electron chi connectivity index (χ1n) is 7.34. The van der Waals surface area contributed by atoms with Crippen molar-refractivity contribution < 1.29 is 5.11 Å². The number of rotatable bonds is 5. The summed E-state index contributed by atoms with van der Waals surface area (Å²) < 4.78 is 0. The van der Waals surface area contributed by atoms with Gasteiger partial charge < -0.3 is 10.0 Å². The van der Waals surface area contributed by atoms with Crippen molar-refractivity contribution in [2.75, 3.05) is 14.1 Å². The molecule has 0 saturated heterocycles. The van der Waals surface area contributed by atoms with E-state index in [9.17, 15) is 5.11 Å². The van der Waals surface area contributed by atoms with Crippen molar-refractivity contribution >= 4 is 0 Å². The van der Waals surface area contributed by atoms with Crippen LogP contribution in [0, 0.1) is 5.92 Å². The van der Waals surface area contributed by atoms with Crippen molar-refractivity contribution in [3.63, 3.8) is 0 Å². The molecule has 1 unspecified atom stereocenters. The highest BCUT2D eigenvalue weighted by molar-refractivity contribution is 4.95. The molecule has 1 fully saturated rings. The Morgan fingerprint density at radius 3 is 1.94 bits per heavy atom. The van der Waals surface area contributed by atoms with E-state index in [4.69, 9.17) is 0 Å². The summed E-state index contributed by atoms with van der Waals surface area (Å²) >= 11 is 0.